The highest BCUT2D eigenvalue weighted by molar-refractivity contribution is 6.10. The highest BCUT2D eigenvalue weighted by Gasteiger charge is 2.33. The van der Waals surface area contributed by atoms with Gasteiger partial charge in [0.2, 0.25) is 5.88 Å². The van der Waals surface area contributed by atoms with Gasteiger partial charge in [0.05, 0.1) is 12.2 Å². The Kier molecular flexibility index (Phi) is 4.82. The van der Waals surface area contributed by atoms with Crippen LogP contribution in [0, 0.1) is 5.82 Å². The molecule has 0 radical (unpaired) electrons. The van der Waals surface area contributed by atoms with Crippen LogP contribution in [-0.4, -0.2) is 70.7 Å². The Balaban J connectivity index is 1.61. The van der Waals surface area contributed by atoms with Crippen molar-refractivity contribution in [2.24, 2.45) is 0 Å². The number of aromatic nitrogens is 2. The number of amides is 3. The number of carbonyl (C=O) groups excluding carboxylic acids is 2. The van der Waals surface area contributed by atoms with Crippen LogP contribution in [0.1, 0.15) is 10.4 Å². The number of halogens is 1. The van der Waals surface area contributed by atoms with E-state index in [9.17, 15) is 18.8 Å². The van der Waals surface area contributed by atoms with Gasteiger partial charge in [-0.05, 0) is 18.2 Å². The average Bonchev–Trinajstić information content (AvgIpc) is 2.94. The molecule has 12 heteroatoms. The fourth-order valence-corrected chi connectivity index (χ4v) is 3.41. The first-order valence-corrected chi connectivity index (χ1v) is 8.99. The van der Waals surface area contributed by atoms with Gasteiger partial charge in [-0.3, -0.25) is 14.5 Å². The Labute approximate surface area is 169 Å². The molecule has 1 fully saturated rings. The fraction of sp³-hybridized carbons (Fsp3) is 0.278. The molecule has 2 aromatic rings. The topological polar surface area (TPSA) is 142 Å². The van der Waals surface area contributed by atoms with Gasteiger partial charge in [-0.25, -0.2) is 19.2 Å². The van der Waals surface area contributed by atoms with Gasteiger partial charge < -0.3 is 25.4 Å². The molecule has 11 nitrogen and oxygen atoms in total. The van der Waals surface area contributed by atoms with Crippen LogP contribution >= 0.6 is 0 Å². The second kappa shape index (κ2) is 7.46. The molecule has 1 aromatic carbocycles. The van der Waals surface area contributed by atoms with E-state index in [-0.39, 0.29) is 54.9 Å². The molecule has 1 saturated heterocycles. The van der Waals surface area contributed by atoms with Gasteiger partial charge in [-0.15, -0.1) is 0 Å². The van der Waals surface area contributed by atoms with E-state index in [0.29, 0.717) is 0 Å². The van der Waals surface area contributed by atoms with Crippen molar-refractivity contribution in [1.29, 1.82) is 0 Å². The molecule has 0 saturated carbocycles. The molecule has 3 N–H and O–H groups in total. The van der Waals surface area contributed by atoms with E-state index in [0.717, 1.165) is 15.9 Å². The van der Waals surface area contributed by atoms with Gasteiger partial charge in [-0.1, -0.05) is 0 Å². The smallest absolute Gasteiger partial charge is 0.325 e. The first-order valence-electron chi connectivity index (χ1n) is 8.99. The van der Waals surface area contributed by atoms with E-state index in [1.165, 1.54) is 23.4 Å². The van der Waals surface area contributed by atoms with E-state index < -0.39 is 30.3 Å². The van der Waals surface area contributed by atoms with Crippen LogP contribution in [0.25, 0.3) is 0 Å². The third-order valence-corrected chi connectivity index (χ3v) is 4.81. The second-order valence-electron chi connectivity index (χ2n) is 6.63. The number of hydrogen-bond donors (Lipinski definition) is 2. The summed E-state index contributed by atoms with van der Waals surface area (Å²) in [7, 11) is 0. The van der Waals surface area contributed by atoms with Crippen LogP contribution in [0.15, 0.2) is 24.5 Å². The Bertz CT molecular complexity index is 1050. The number of benzene rings is 1. The summed E-state index contributed by atoms with van der Waals surface area (Å²) in [6.45, 7) is 0.112. The van der Waals surface area contributed by atoms with Crippen molar-refractivity contribution in [1.82, 2.24) is 14.9 Å². The van der Waals surface area contributed by atoms with Crippen LogP contribution < -0.4 is 20.3 Å². The lowest BCUT2D eigenvalue weighted by atomic mass is 10.2. The number of nitrogen functional groups attached to an aromatic ring is 1. The summed E-state index contributed by atoms with van der Waals surface area (Å²) < 4.78 is 20.3. The fourth-order valence-electron chi connectivity index (χ4n) is 3.41. The van der Waals surface area contributed by atoms with Crippen molar-refractivity contribution in [3.05, 3.63) is 35.9 Å². The molecule has 0 spiro atoms. The number of ether oxygens (including phenoxy) is 1. The van der Waals surface area contributed by atoms with Gasteiger partial charge >= 0.3 is 12.0 Å². The first kappa shape index (κ1) is 19.4. The minimum Gasteiger partial charge on any atom is -0.480 e. The molecule has 1 aromatic heterocycles. The van der Waals surface area contributed by atoms with Crippen LogP contribution in [0.3, 0.4) is 0 Å². The van der Waals surface area contributed by atoms with Crippen LogP contribution in [0.2, 0.25) is 0 Å². The summed E-state index contributed by atoms with van der Waals surface area (Å²) in [6, 6.07) is 3.40. The predicted octanol–water partition coefficient (Wildman–Crippen LogP) is 0.564. The Morgan fingerprint density at radius 1 is 1.20 bits per heavy atom. The maximum absolute atomic E-state index is 14.9. The standard InChI is InChI=1S/C18H17FN6O5/c19-11-7-10(1-2-12(11)25-4-3-23(18(25)29)8-13(26)27)24-5-6-30-16-14(17(24)28)15(20)21-9-22-16/h1-2,7,9H,3-6,8H2,(H,26,27)(H2,20,21,22). The number of rotatable bonds is 4. The van der Waals surface area contributed by atoms with Crippen molar-refractivity contribution < 1.29 is 28.6 Å². The molecular weight excluding hydrogens is 399 g/mol. The number of anilines is 3. The van der Waals surface area contributed by atoms with Crippen LogP contribution in [-0.2, 0) is 4.79 Å². The summed E-state index contributed by atoms with van der Waals surface area (Å²) in [5.41, 5.74) is 6.04. The number of carbonyl (C=O) groups is 3. The minimum absolute atomic E-state index is 0.00137. The highest BCUT2D eigenvalue weighted by atomic mass is 19.1. The normalized spacial score (nSPS) is 16.4. The molecule has 4 rings (SSSR count). The summed E-state index contributed by atoms with van der Waals surface area (Å²) in [6.07, 6.45) is 1.19. The van der Waals surface area contributed by atoms with Crippen LogP contribution in [0.4, 0.5) is 26.4 Å². The largest absolute Gasteiger partial charge is 0.480 e. The van der Waals surface area contributed by atoms with Crippen molar-refractivity contribution in [3.63, 3.8) is 0 Å². The SMILES string of the molecule is Nc1ncnc2c1C(=O)N(c1ccc(N3CCN(CC(=O)O)C3=O)c(F)c1)CCO2. The molecule has 0 aliphatic carbocycles. The highest BCUT2D eigenvalue weighted by Crippen LogP contribution is 2.31. The summed E-state index contributed by atoms with van der Waals surface area (Å²) >= 11 is 0. The lowest BCUT2D eigenvalue weighted by Crippen LogP contribution is -2.35. The molecule has 2 aliphatic heterocycles. The molecule has 0 unspecified atom stereocenters. The minimum atomic E-state index is -1.15. The van der Waals surface area contributed by atoms with E-state index >= 15 is 0 Å². The zero-order chi connectivity index (χ0) is 21.4. The molecule has 3 heterocycles. The monoisotopic (exact) mass is 416 g/mol. The van der Waals surface area contributed by atoms with Crippen molar-refractivity contribution in [3.8, 4) is 5.88 Å². The first-order chi connectivity index (χ1) is 14.4. The van der Waals surface area contributed by atoms with E-state index in [1.807, 2.05) is 0 Å². The molecule has 2 aliphatic rings. The number of carboxylic acids is 1. The lowest BCUT2D eigenvalue weighted by Gasteiger charge is -2.22. The number of nitrogens with zero attached hydrogens (tertiary/aromatic N) is 5. The third-order valence-electron chi connectivity index (χ3n) is 4.81. The summed E-state index contributed by atoms with van der Waals surface area (Å²) in [5.74, 6) is -2.39. The van der Waals surface area contributed by atoms with Gasteiger partial charge in [0.1, 0.15) is 36.7 Å². The summed E-state index contributed by atoms with van der Waals surface area (Å²) in [4.78, 5) is 47.5. The zero-order valence-corrected chi connectivity index (χ0v) is 15.6. The molecule has 156 valence electrons. The maximum atomic E-state index is 14.9. The average molecular weight is 416 g/mol. The van der Waals surface area contributed by atoms with Crippen LogP contribution in [0.5, 0.6) is 5.88 Å². The van der Waals surface area contributed by atoms with Crippen molar-refractivity contribution >= 4 is 35.1 Å². The Hall–Kier alpha value is -3.96. The van der Waals surface area contributed by atoms with Gasteiger partial charge in [0, 0.05) is 18.8 Å². The van der Waals surface area contributed by atoms with Crippen molar-refractivity contribution in [2.45, 2.75) is 0 Å². The Morgan fingerprint density at radius 3 is 2.73 bits per heavy atom. The third kappa shape index (κ3) is 3.32. The molecule has 0 atom stereocenters. The molecular formula is C18H17FN6O5. The van der Waals surface area contributed by atoms with Gasteiger partial charge in [-0.2, -0.15) is 0 Å². The number of urea groups is 1. The number of fused-ring (bicyclic) bond motifs is 1. The summed E-state index contributed by atoms with van der Waals surface area (Å²) in [5, 5.41) is 8.87. The van der Waals surface area contributed by atoms with Gasteiger partial charge in [0.25, 0.3) is 5.91 Å². The number of aliphatic carboxylic acids is 1. The lowest BCUT2D eigenvalue weighted by molar-refractivity contribution is -0.137. The number of nitrogens with two attached hydrogens (primary N) is 1. The molecule has 3 amide bonds. The maximum Gasteiger partial charge on any atom is 0.325 e. The van der Waals surface area contributed by atoms with Crippen molar-refractivity contribution in [2.75, 3.05) is 48.3 Å². The Morgan fingerprint density at radius 2 is 2.00 bits per heavy atom. The molecule has 0 bridgehead atoms. The number of carboxylic acid groups (broad SMARTS) is 1. The number of hydrogen-bond acceptors (Lipinski definition) is 7. The molecule has 30 heavy (non-hydrogen) atoms. The second-order valence-corrected chi connectivity index (χ2v) is 6.63. The predicted molar refractivity (Wildman–Crippen MR) is 102 cm³/mol. The zero-order valence-electron chi connectivity index (χ0n) is 15.6. The van der Waals surface area contributed by atoms with Gasteiger partial charge in [0.15, 0.2) is 0 Å². The van der Waals surface area contributed by atoms with E-state index in [2.05, 4.69) is 9.97 Å². The quantitative estimate of drug-likeness (QED) is 0.736. The van der Waals surface area contributed by atoms with E-state index in [1.54, 1.807) is 0 Å². The van der Waals surface area contributed by atoms with E-state index in [4.69, 9.17) is 15.6 Å².